The molecule has 0 radical (unpaired) electrons. The quantitative estimate of drug-likeness (QED) is 0.201. The Morgan fingerprint density at radius 3 is 2.08 bits per heavy atom. The SMILES string of the molecule is CCCC(CC)(CC)c1cc[cH-]c1.C[Si](=[Zr+2])c1ccccc1.[Cl-].[Cl-].[c-]1cccc2c1Cc1ccccc1-2. The molecule has 1 aliphatic rings. The average Bonchev–Trinajstić information content (AvgIpc) is 3.57. The van der Waals surface area contributed by atoms with Crippen molar-refractivity contribution in [3.63, 3.8) is 0 Å². The van der Waals surface area contributed by atoms with Gasteiger partial charge in [-0.1, -0.05) is 87.3 Å². The molecular weight excluding hydrogens is 587 g/mol. The molecule has 0 saturated carbocycles. The van der Waals surface area contributed by atoms with Crippen LogP contribution in [0, 0.1) is 6.07 Å². The molecule has 0 aromatic heterocycles. The maximum absolute atomic E-state index is 3.30. The van der Waals surface area contributed by atoms with Crippen LogP contribution in [0.1, 0.15) is 63.1 Å². The van der Waals surface area contributed by atoms with Crippen LogP contribution in [0.2, 0.25) is 6.55 Å². The van der Waals surface area contributed by atoms with Gasteiger partial charge >= 0.3 is 70.8 Å². The first-order chi connectivity index (χ1) is 17.0. The normalized spacial score (nSPS) is 10.8. The third kappa shape index (κ3) is 9.14. The summed E-state index contributed by atoms with van der Waals surface area (Å²) in [6, 6.07) is 37.7. The number of benzene rings is 3. The zero-order chi connectivity index (χ0) is 25.1. The summed E-state index contributed by atoms with van der Waals surface area (Å²) in [5.74, 6) is 0. The van der Waals surface area contributed by atoms with Gasteiger partial charge in [-0.3, -0.25) is 0 Å². The molecule has 194 valence electrons. The maximum Gasteiger partial charge on any atom is -0.0253 e. The summed E-state index contributed by atoms with van der Waals surface area (Å²) in [7, 11) is 0. The van der Waals surface area contributed by atoms with E-state index in [1.54, 1.807) is 34.1 Å². The molecule has 0 saturated heterocycles. The fraction of sp³-hybridized carbons (Fsp3) is 0.303. The van der Waals surface area contributed by atoms with E-state index in [1.165, 1.54) is 47.9 Å². The van der Waals surface area contributed by atoms with Crippen molar-refractivity contribution >= 4 is 10.6 Å². The zero-order valence-corrected chi connectivity index (χ0v) is 27.5. The average molecular weight is 625 g/mol. The fourth-order valence-electron chi connectivity index (χ4n) is 5.05. The Balaban J connectivity index is 0.000000275. The topological polar surface area (TPSA) is 0 Å². The monoisotopic (exact) mass is 622 g/mol. The van der Waals surface area contributed by atoms with Crippen LogP contribution in [0.3, 0.4) is 0 Å². The third-order valence-electron chi connectivity index (χ3n) is 7.18. The molecule has 0 heterocycles. The van der Waals surface area contributed by atoms with Crippen molar-refractivity contribution in [2.75, 3.05) is 0 Å². The molecule has 0 amide bonds. The third-order valence-corrected chi connectivity index (χ3v) is 10.5. The molecule has 0 aliphatic heterocycles. The second kappa shape index (κ2) is 17.3. The summed E-state index contributed by atoms with van der Waals surface area (Å²) < 4.78 is 0. The Labute approximate surface area is 252 Å². The Bertz CT molecular complexity index is 1140. The van der Waals surface area contributed by atoms with Gasteiger partial charge in [0.25, 0.3) is 0 Å². The van der Waals surface area contributed by atoms with Gasteiger partial charge < -0.3 is 24.8 Å². The van der Waals surface area contributed by atoms with Crippen molar-refractivity contribution in [2.24, 2.45) is 0 Å². The molecule has 0 N–H and O–H groups in total. The first-order valence-electron chi connectivity index (χ1n) is 12.9. The van der Waals surface area contributed by atoms with Crippen LogP contribution in [0.4, 0.5) is 0 Å². The Morgan fingerprint density at radius 1 is 0.865 bits per heavy atom. The maximum atomic E-state index is 3.30. The Kier molecular flexibility index (Phi) is 15.8. The minimum atomic E-state index is -0.122. The summed E-state index contributed by atoms with van der Waals surface area (Å²) in [6.45, 7) is 9.25. The van der Waals surface area contributed by atoms with Gasteiger partial charge in [-0.25, -0.2) is 6.07 Å². The van der Waals surface area contributed by atoms with Crippen molar-refractivity contribution in [1.29, 1.82) is 0 Å². The van der Waals surface area contributed by atoms with E-state index < -0.39 is 0 Å². The first kappa shape index (κ1) is 33.7. The molecule has 37 heavy (non-hydrogen) atoms. The van der Waals surface area contributed by atoms with E-state index in [1.807, 2.05) is 6.07 Å². The number of rotatable bonds is 6. The second-order valence-electron chi connectivity index (χ2n) is 9.30. The van der Waals surface area contributed by atoms with Gasteiger partial charge in [-0.05, 0) is 6.42 Å². The molecule has 4 heteroatoms. The second-order valence-corrected chi connectivity index (χ2v) is 16.7. The van der Waals surface area contributed by atoms with Gasteiger partial charge in [0.05, 0.1) is 0 Å². The molecule has 5 rings (SSSR count). The molecule has 0 fully saturated rings. The van der Waals surface area contributed by atoms with Gasteiger partial charge in [0.1, 0.15) is 0 Å². The van der Waals surface area contributed by atoms with Gasteiger partial charge in [-0.2, -0.15) is 53.6 Å². The van der Waals surface area contributed by atoms with Crippen molar-refractivity contribution < 1.29 is 48.1 Å². The van der Waals surface area contributed by atoms with E-state index in [0.29, 0.717) is 5.41 Å². The largest absolute Gasteiger partial charge is 1.00 e. The minimum Gasteiger partial charge on any atom is -1.00 e. The smallest absolute Gasteiger partial charge is 0.0253 e. The Hall–Kier alpha value is -1.31. The number of halogens is 2. The van der Waals surface area contributed by atoms with E-state index >= 15 is 0 Å². The molecule has 0 nitrogen and oxygen atoms in total. The van der Waals surface area contributed by atoms with Crippen LogP contribution >= 0.6 is 0 Å². The van der Waals surface area contributed by atoms with E-state index in [0.717, 1.165) is 6.42 Å². The molecule has 0 spiro atoms. The van der Waals surface area contributed by atoms with Crippen molar-refractivity contribution in [2.45, 2.75) is 64.8 Å². The first-order valence-corrected chi connectivity index (χ1v) is 18.6. The van der Waals surface area contributed by atoms with E-state index in [-0.39, 0.29) is 30.2 Å². The van der Waals surface area contributed by atoms with Crippen LogP contribution in [-0.4, -0.2) is 5.43 Å². The number of fused-ring (bicyclic) bond motifs is 3. The van der Waals surface area contributed by atoms with Gasteiger partial charge in [0.2, 0.25) is 0 Å². The zero-order valence-electron chi connectivity index (χ0n) is 22.5. The van der Waals surface area contributed by atoms with E-state index in [2.05, 4.69) is 124 Å². The molecule has 4 aromatic carbocycles. The molecule has 0 unspecified atom stereocenters. The summed E-state index contributed by atoms with van der Waals surface area (Å²) in [5.41, 5.74) is 7.39. The van der Waals surface area contributed by atoms with Crippen LogP contribution in [0.25, 0.3) is 11.1 Å². The summed E-state index contributed by atoms with van der Waals surface area (Å²) >= 11 is 1.69. The van der Waals surface area contributed by atoms with Crippen molar-refractivity contribution in [1.82, 2.24) is 0 Å². The van der Waals surface area contributed by atoms with Gasteiger partial charge in [0, 0.05) is 0 Å². The summed E-state index contributed by atoms with van der Waals surface area (Å²) in [6.07, 6.45) is 6.19. The Morgan fingerprint density at radius 2 is 1.51 bits per heavy atom. The van der Waals surface area contributed by atoms with Crippen LogP contribution in [-0.2, 0) is 35.2 Å². The number of hydrogen-bond donors (Lipinski definition) is 0. The van der Waals surface area contributed by atoms with Crippen molar-refractivity contribution in [3.8, 4) is 11.1 Å². The standard InChI is InChI=1S/C13H9.C13H21.C7H8Si.2ClH.Zr/c1-3-7-12-10(5-1)9-11-6-2-4-8-13(11)12;1-4-11-13(5-2,6-3)12-9-7-8-10-12;1-8-7-5-3-2-4-6-7;;;/h1-5,7-8H,9H2;7-10H,4-6,11H2,1-3H3;2-6H,1H3;2*1H;/q2*-1;;;;+2/p-2. The predicted octanol–water partition coefficient (Wildman–Crippen LogP) is 2.39. The molecular formula is C33H38Cl2SiZr-2. The minimum absolute atomic E-state index is 0. The van der Waals surface area contributed by atoms with Gasteiger partial charge in [0.15, 0.2) is 0 Å². The fourth-order valence-corrected chi connectivity index (χ4v) is 6.97. The molecule has 4 aromatic rings. The molecule has 0 bridgehead atoms. The summed E-state index contributed by atoms with van der Waals surface area (Å²) in [5, 5.41) is 1.56. The summed E-state index contributed by atoms with van der Waals surface area (Å²) in [4.78, 5) is 0. The van der Waals surface area contributed by atoms with E-state index in [9.17, 15) is 0 Å². The van der Waals surface area contributed by atoms with Gasteiger partial charge in [-0.15, -0.1) is 5.56 Å². The predicted molar refractivity (Wildman–Crippen MR) is 150 cm³/mol. The van der Waals surface area contributed by atoms with Crippen LogP contribution in [0.5, 0.6) is 0 Å². The molecule has 1 aliphatic carbocycles. The van der Waals surface area contributed by atoms with Crippen molar-refractivity contribution in [3.05, 3.63) is 120 Å². The molecule has 0 atom stereocenters. The van der Waals surface area contributed by atoms with Crippen LogP contribution < -0.4 is 30.0 Å². The number of hydrogen-bond acceptors (Lipinski definition) is 0. The van der Waals surface area contributed by atoms with E-state index in [4.69, 9.17) is 0 Å². The van der Waals surface area contributed by atoms with Crippen LogP contribution in [0.15, 0.2) is 97.1 Å².